The highest BCUT2D eigenvalue weighted by Gasteiger charge is 2.26. The third-order valence-corrected chi connectivity index (χ3v) is 3.57. The molecular weight excluding hydrogens is 252 g/mol. The van der Waals surface area contributed by atoms with Crippen molar-refractivity contribution in [3.05, 3.63) is 28.8 Å². The molecule has 0 saturated carbocycles. The zero-order chi connectivity index (χ0) is 13.1. The van der Waals surface area contributed by atoms with E-state index in [-0.39, 0.29) is 11.9 Å². The maximum absolute atomic E-state index is 12.0. The Balaban J connectivity index is 2.21. The summed E-state index contributed by atoms with van der Waals surface area (Å²) in [6, 6.07) is 5.09. The van der Waals surface area contributed by atoms with E-state index in [1.807, 2.05) is 12.1 Å². The van der Waals surface area contributed by atoms with Crippen molar-refractivity contribution in [3.8, 4) is 5.75 Å². The Hall–Kier alpha value is -1.26. The van der Waals surface area contributed by atoms with Crippen LogP contribution in [0.15, 0.2) is 18.2 Å². The predicted molar refractivity (Wildman–Crippen MR) is 70.6 cm³/mol. The van der Waals surface area contributed by atoms with Crippen molar-refractivity contribution in [1.82, 2.24) is 4.90 Å². The van der Waals surface area contributed by atoms with E-state index in [2.05, 4.69) is 0 Å². The van der Waals surface area contributed by atoms with Gasteiger partial charge < -0.3 is 15.4 Å². The van der Waals surface area contributed by atoms with E-state index in [0.717, 1.165) is 24.9 Å². The van der Waals surface area contributed by atoms with Gasteiger partial charge in [0.05, 0.1) is 19.7 Å². The normalized spacial score (nSPS) is 20.1. The molecular formula is C13H17ClN2O2. The van der Waals surface area contributed by atoms with Crippen molar-refractivity contribution < 1.29 is 9.53 Å². The highest BCUT2D eigenvalue weighted by Crippen LogP contribution is 2.28. The average molecular weight is 269 g/mol. The van der Waals surface area contributed by atoms with Gasteiger partial charge in [-0.2, -0.15) is 0 Å². The lowest BCUT2D eigenvalue weighted by atomic mass is 10.0. The first-order valence-electron chi connectivity index (χ1n) is 5.99. The van der Waals surface area contributed by atoms with Crippen molar-refractivity contribution in [2.75, 3.05) is 13.7 Å². The Morgan fingerprint density at radius 3 is 3.06 bits per heavy atom. The van der Waals surface area contributed by atoms with Crippen LogP contribution in [0.5, 0.6) is 5.75 Å². The summed E-state index contributed by atoms with van der Waals surface area (Å²) in [4.78, 5) is 13.7. The summed E-state index contributed by atoms with van der Waals surface area (Å²) in [7, 11) is 1.60. The Morgan fingerprint density at radius 1 is 1.56 bits per heavy atom. The molecule has 0 radical (unpaired) electrons. The topological polar surface area (TPSA) is 55.6 Å². The Bertz CT molecular complexity index is 451. The number of hydrogen-bond donors (Lipinski definition) is 1. The minimum atomic E-state index is -0.382. The van der Waals surface area contributed by atoms with Crippen LogP contribution in [0.3, 0.4) is 0 Å². The Kier molecular flexibility index (Phi) is 4.09. The summed E-state index contributed by atoms with van der Waals surface area (Å²) in [5, 5.41) is 0.612. The van der Waals surface area contributed by atoms with Gasteiger partial charge in [-0.15, -0.1) is 0 Å². The summed E-state index contributed by atoms with van der Waals surface area (Å²) in [5.74, 6) is 0.692. The number of halogens is 1. The van der Waals surface area contributed by atoms with Crippen LogP contribution < -0.4 is 10.5 Å². The van der Waals surface area contributed by atoms with Crippen molar-refractivity contribution >= 4 is 17.5 Å². The van der Waals surface area contributed by atoms with Gasteiger partial charge >= 0.3 is 0 Å². The molecule has 1 amide bonds. The molecule has 1 unspecified atom stereocenters. The van der Waals surface area contributed by atoms with Crippen LogP contribution in [0.25, 0.3) is 0 Å². The van der Waals surface area contributed by atoms with Gasteiger partial charge in [0.25, 0.3) is 0 Å². The van der Waals surface area contributed by atoms with Crippen LogP contribution in [0, 0.1) is 0 Å². The van der Waals surface area contributed by atoms with E-state index in [9.17, 15) is 4.79 Å². The monoisotopic (exact) mass is 268 g/mol. The number of rotatable bonds is 3. The number of carbonyl (C=O) groups excluding carboxylic acids is 1. The first-order chi connectivity index (χ1) is 8.63. The lowest BCUT2D eigenvalue weighted by Crippen LogP contribution is -2.47. The van der Waals surface area contributed by atoms with Crippen LogP contribution in [-0.2, 0) is 11.3 Å². The predicted octanol–water partition coefficient (Wildman–Crippen LogP) is 1.80. The number of likely N-dealkylation sites (tertiary alicyclic amines) is 1. The van der Waals surface area contributed by atoms with Crippen LogP contribution >= 0.6 is 11.6 Å². The lowest BCUT2D eigenvalue weighted by Gasteiger charge is -2.31. The fourth-order valence-electron chi connectivity index (χ4n) is 2.20. The van der Waals surface area contributed by atoms with E-state index in [0.29, 0.717) is 17.3 Å². The smallest absolute Gasteiger partial charge is 0.239 e. The third-order valence-electron chi connectivity index (χ3n) is 3.22. The molecule has 2 N–H and O–H groups in total. The summed E-state index contributed by atoms with van der Waals surface area (Å²) in [6.45, 7) is 1.18. The minimum absolute atomic E-state index is 0.0109. The molecule has 1 aliphatic heterocycles. The number of carbonyl (C=O) groups is 1. The molecule has 1 heterocycles. The van der Waals surface area contributed by atoms with Gasteiger partial charge in [0.15, 0.2) is 0 Å². The number of piperidine rings is 1. The third kappa shape index (κ3) is 2.60. The SMILES string of the molecule is COc1cccc(Cl)c1CN1CCCC(N)C1=O. The van der Waals surface area contributed by atoms with E-state index in [4.69, 9.17) is 22.1 Å². The molecule has 5 heteroatoms. The number of ether oxygens (including phenoxy) is 1. The van der Waals surface area contributed by atoms with E-state index < -0.39 is 0 Å². The quantitative estimate of drug-likeness (QED) is 0.909. The van der Waals surface area contributed by atoms with Crippen molar-refractivity contribution in [3.63, 3.8) is 0 Å². The second-order valence-corrected chi connectivity index (χ2v) is 4.84. The standard InChI is InChI=1S/C13H17ClN2O2/c1-18-12-6-2-4-10(14)9(12)8-16-7-3-5-11(15)13(16)17/h2,4,6,11H,3,5,7-8,15H2,1H3. The van der Waals surface area contributed by atoms with Crippen LogP contribution in [0.1, 0.15) is 18.4 Å². The second-order valence-electron chi connectivity index (χ2n) is 4.43. The largest absolute Gasteiger partial charge is 0.496 e. The molecule has 1 aliphatic rings. The molecule has 1 atom stereocenters. The molecule has 1 aromatic carbocycles. The van der Waals surface area contributed by atoms with E-state index in [1.54, 1.807) is 18.1 Å². The van der Waals surface area contributed by atoms with Gasteiger partial charge in [0.2, 0.25) is 5.91 Å². The number of nitrogens with two attached hydrogens (primary N) is 1. The first kappa shape index (κ1) is 13.2. The minimum Gasteiger partial charge on any atom is -0.496 e. The highest BCUT2D eigenvalue weighted by atomic mass is 35.5. The second kappa shape index (κ2) is 5.59. The van der Waals surface area contributed by atoms with Gasteiger partial charge in [0, 0.05) is 17.1 Å². The molecule has 0 aromatic heterocycles. The fourth-order valence-corrected chi connectivity index (χ4v) is 2.43. The highest BCUT2D eigenvalue weighted by molar-refractivity contribution is 6.31. The maximum atomic E-state index is 12.0. The fraction of sp³-hybridized carbons (Fsp3) is 0.462. The lowest BCUT2D eigenvalue weighted by molar-refractivity contribution is -0.135. The number of benzene rings is 1. The molecule has 4 nitrogen and oxygen atoms in total. The molecule has 1 aromatic rings. The van der Waals surface area contributed by atoms with Crippen molar-refractivity contribution in [1.29, 1.82) is 0 Å². The zero-order valence-electron chi connectivity index (χ0n) is 10.4. The summed E-state index contributed by atoms with van der Waals surface area (Å²) < 4.78 is 5.28. The van der Waals surface area contributed by atoms with Gasteiger partial charge in [-0.1, -0.05) is 17.7 Å². The van der Waals surface area contributed by atoms with Crippen LogP contribution in [-0.4, -0.2) is 30.5 Å². The first-order valence-corrected chi connectivity index (χ1v) is 6.37. The number of methoxy groups -OCH3 is 1. The molecule has 1 saturated heterocycles. The molecule has 0 spiro atoms. The molecule has 18 heavy (non-hydrogen) atoms. The van der Waals surface area contributed by atoms with Crippen LogP contribution in [0.2, 0.25) is 5.02 Å². The average Bonchev–Trinajstić information content (AvgIpc) is 2.37. The van der Waals surface area contributed by atoms with Gasteiger partial charge in [-0.25, -0.2) is 0 Å². The number of hydrogen-bond acceptors (Lipinski definition) is 3. The molecule has 0 bridgehead atoms. The Morgan fingerprint density at radius 2 is 2.33 bits per heavy atom. The molecule has 1 fully saturated rings. The van der Waals surface area contributed by atoms with Gasteiger partial charge in [0.1, 0.15) is 5.75 Å². The van der Waals surface area contributed by atoms with Crippen molar-refractivity contribution in [2.24, 2.45) is 5.73 Å². The van der Waals surface area contributed by atoms with E-state index in [1.165, 1.54) is 0 Å². The Labute approximate surface area is 112 Å². The summed E-state index contributed by atoms with van der Waals surface area (Å²) >= 11 is 6.16. The molecule has 2 rings (SSSR count). The number of nitrogens with zero attached hydrogens (tertiary/aromatic N) is 1. The maximum Gasteiger partial charge on any atom is 0.239 e. The summed E-state index contributed by atoms with van der Waals surface area (Å²) in [6.07, 6.45) is 1.69. The van der Waals surface area contributed by atoms with E-state index >= 15 is 0 Å². The summed E-state index contributed by atoms with van der Waals surface area (Å²) in [5.41, 5.74) is 6.61. The molecule has 98 valence electrons. The number of amides is 1. The van der Waals surface area contributed by atoms with Gasteiger partial charge in [-0.05, 0) is 25.0 Å². The molecule has 0 aliphatic carbocycles. The van der Waals surface area contributed by atoms with Crippen molar-refractivity contribution in [2.45, 2.75) is 25.4 Å². The van der Waals surface area contributed by atoms with Crippen LogP contribution in [0.4, 0.5) is 0 Å². The van der Waals surface area contributed by atoms with Gasteiger partial charge in [-0.3, -0.25) is 4.79 Å². The zero-order valence-corrected chi connectivity index (χ0v) is 11.1.